The summed E-state index contributed by atoms with van der Waals surface area (Å²) in [6, 6.07) is 20.2. The molecule has 1 aliphatic carbocycles. The molecule has 1 atom stereocenters. The van der Waals surface area contributed by atoms with E-state index in [0.29, 0.717) is 26.2 Å². The van der Waals surface area contributed by atoms with E-state index in [4.69, 9.17) is 0 Å². The summed E-state index contributed by atoms with van der Waals surface area (Å²) in [5, 5.41) is 5.69. The fourth-order valence-electron chi connectivity index (χ4n) is 5.81. The standard InChI is InChI=1S/C31H42N6O3/c1-31(27-12-13-27,29(39)37-20-16-35(17-21-37)24-26-10-6-3-7-11-26)33-30(40)32-22-28(38)36-18-14-34(15-19-36)23-25-8-4-2-5-9-25/h2-11,27H,12-24H2,1H3,(H2,32,33,40). The molecule has 0 aromatic heterocycles. The Kier molecular flexibility index (Phi) is 9.01. The third-order valence-corrected chi connectivity index (χ3v) is 8.49. The topological polar surface area (TPSA) is 88.2 Å². The summed E-state index contributed by atoms with van der Waals surface area (Å²) in [6.45, 7) is 9.32. The Hall–Kier alpha value is -3.43. The highest BCUT2D eigenvalue weighted by atomic mass is 16.2. The molecule has 2 heterocycles. The lowest BCUT2D eigenvalue weighted by atomic mass is 9.93. The van der Waals surface area contributed by atoms with Gasteiger partial charge in [0.2, 0.25) is 11.8 Å². The predicted octanol–water partition coefficient (Wildman–Crippen LogP) is 2.14. The first-order valence-electron chi connectivity index (χ1n) is 14.6. The smallest absolute Gasteiger partial charge is 0.316 e. The molecule has 2 aromatic carbocycles. The number of hydrogen-bond acceptors (Lipinski definition) is 5. The first-order valence-corrected chi connectivity index (χ1v) is 14.6. The Bertz CT molecular complexity index is 1140. The number of rotatable bonds is 9. The normalized spacial score (nSPS) is 20.0. The molecular weight excluding hydrogens is 504 g/mol. The van der Waals surface area contributed by atoms with Crippen LogP contribution in [0.4, 0.5) is 4.79 Å². The SMILES string of the molecule is CC(NC(=O)NCC(=O)N1CCN(Cc2ccccc2)CC1)(C(=O)N1CCN(Cc2ccccc2)CC1)C1CC1. The number of piperazine rings is 2. The van der Waals surface area contributed by atoms with Crippen molar-refractivity contribution in [1.82, 2.24) is 30.2 Å². The van der Waals surface area contributed by atoms with Crippen LogP contribution >= 0.6 is 0 Å². The number of carbonyl (C=O) groups is 3. The van der Waals surface area contributed by atoms with Crippen LogP contribution in [0.5, 0.6) is 0 Å². The molecule has 5 rings (SSSR count). The van der Waals surface area contributed by atoms with Crippen molar-refractivity contribution in [2.24, 2.45) is 5.92 Å². The van der Waals surface area contributed by atoms with Gasteiger partial charge in [-0.2, -0.15) is 0 Å². The Morgan fingerprint density at radius 1 is 0.725 bits per heavy atom. The van der Waals surface area contributed by atoms with Gasteiger partial charge in [-0.25, -0.2) is 4.79 Å². The van der Waals surface area contributed by atoms with E-state index in [1.54, 1.807) is 0 Å². The quantitative estimate of drug-likeness (QED) is 0.503. The summed E-state index contributed by atoms with van der Waals surface area (Å²) in [5.41, 5.74) is 1.58. The largest absolute Gasteiger partial charge is 0.339 e. The highest BCUT2D eigenvalue weighted by molar-refractivity contribution is 5.92. The van der Waals surface area contributed by atoms with Crippen LogP contribution < -0.4 is 10.6 Å². The van der Waals surface area contributed by atoms with Crippen LogP contribution in [-0.2, 0) is 22.7 Å². The molecule has 0 bridgehead atoms. The molecule has 1 saturated carbocycles. The Morgan fingerprint density at radius 2 is 1.20 bits per heavy atom. The van der Waals surface area contributed by atoms with Gasteiger partial charge in [0, 0.05) is 65.4 Å². The van der Waals surface area contributed by atoms with E-state index in [9.17, 15) is 14.4 Å². The molecule has 2 aromatic rings. The summed E-state index contributed by atoms with van der Waals surface area (Å²) in [6.07, 6.45) is 1.84. The predicted molar refractivity (Wildman–Crippen MR) is 154 cm³/mol. The number of carbonyl (C=O) groups excluding carboxylic acids is 3. The Morgan fingerprint density at radius 3 is 1.68 bits per heavy atom. The summed E-state index contributed by atoms with van der Waals surface area (Å²) >= 11 is 0. The molecule has 0 radical (unpaired) electrons. The van der Waals surface area contributed by atoms with Crippen LogP contribution in [0.25, 0.3) is 0 Å². The van der Waals surface area contributed by atoms with E-state index < -0.39 is 11.6 Å². The van der Waals surface area contributed by atoms with Crippen molar-refractivity contribution in [3.63, 3.8) is 0 Å². The maximum Gasteiger partial charge on any atom is 0.316 e. The van der Waals surface area contributed by atoms with Crippen LogP contribution in [0.3, 0.4) is 0 Å². The number of urea groups is 1. The highest BCUT2D eigenvalue weighted by Gasteiger charge is 2.50. The second-order valence-electron chi connectivity index (χ2n) is 11.5. The van der Waals surface area contributed by atoms with Crippen molar-refractivity contribution in [2.45, 2.75) is 38.4 Å². The van der Waals surface area contributed by atoms with Gasteiger partial charge >= 0.3 is 6.03 Å². The van der Waals surface area contributed by atoms with Gasteiger partial charge in [-0.3, -0.25) is 19.4 Å². The van der Waals surface area contributed by atoms with E-state index in [1.165, 1.54) is 11.1 Å². The molecule has 2 aliphatic heterocycles. The Labute approximate surface area is 237 Å². The van der Waals surface area contributed by atoms with E-state index in [0.717, 1.165) is 52.1 Å². The minimum absolute atomic E-state index is 0.0228. The molecule has 3 aliphatic rings. The minimum Gasteiger partial charge on any atom is -0.339 e. The summed E-state index contributed by atoms with van der Waals surface area (Å²) in [5.74, 6) is 0.00960. The molecule has 3 fully saturated rings. The summed E-state index contributed by atoms with van der Waals surface area (Å²) in [7, 11) is 0. The fourth-order valence-corrected chi connectivity index (χ4v) is 5.81. The third kappa shape index (κ3) is 7.20. The van der Waals surface area contributed by atoms with Gasteiger partial charge in [-0.15, -0.1) is 0 Å². The van der Waals surface area contributed by atoms with E-state index in [-0.39, 0.29) is 24.3 Å². The number of amides is 4. The number of nitrogens with one attached hydrogen (secondary N) is 2. The molecule has 9 nitrogen and oxygen atoms in total. The molecule has 9 heteroatoms. The average Bonchev–Trinajstić information content (AvgIpc) is 3.84. The number of nitrogens with zero attached hydrogens (tertiary/aromatic N) is 4. The van der Waals surface area contributed by atoms with Crippen molar-refractivity contribution in [3.8, 4) is 0 Å². The van der Waals surface area contributed by atoms with Gasteiger partial charge in [-0.05, 0) is 36.8 Å². The van der Waals surface area contributed by atoms with Crippen LogP contribution in [-0.4, -0.2) is 102 Å². The van der Waals surface area contributed by atoms with Gasteiger partial charge in [0.05, 0.1) is 6.54 Å². The maximum atomic E-state index is 13.6. The van der Waals surface area contributed by atoms with E-state index in [2.05, 4.69) is 44.7 Å². The molecular formula is C31H42N6O3. The van der Waals surface area contributed by atoms with E-state index in [1.807, 2.05) is 53.1 Å². The molecule has 40 heavy (non-hydrogen) atoms. The molecule has 2 saturated heterocycles. The van der Waals surface area contributed by atoms with Crippen molar-refractivity contribution in [2.75, 3.05) is 58.9 Å². The molecule has 0 spiro atoms. The zero-order valence-electron chi connectivity index (χ0n) is 23.6. The lowest BCUT2D eigenvalue weighted by Crippen LogP contribution is -2.63. The van der Waals surface area contributed by atoms with E-state index >= 15 is 0 Å². The van der Waals surface area contributed by atoms with Gasteiger partial charge in [0.25, 0.3) is 0 Å². The third-order valence-electron chi connectivity index (χ3n) is 8.49. The van der Waals surface area contributed by atoms with Gasteiger partial charge in [-0.1, -0.05) is 60.7 Å². The van der Waals surface area contributed by atoms with Crippen molar-refractivity contribution >= 4 is 17.8 Å². The van der Waals surface area contributed by atoms with Crippen LogP contribution in [0.15, 0.2) is 60.7 Å². The van der Waals surface area contributed by atoms with Crippen LogP contribution in [0.1, 0.15) is 30.9 Å². The van der Waals surface area contributed by atoms with Crippen LogP contribution in [0.2, 0.25) is 0 Å². The second kappa shape index (κ2) is 12.8. The molecule has 1 unspecified atom stereocenters. The van der Waals surface area contributed by atoms with Gasteiger partial charge in [0.15, 0.2) is 0 Å². The number of benzene rings is 2. The second-order valence-corrected chi connectivity index (χ2v) is 11.5. The molecule has 4 amide bonds. The van der Waals surface area contributed by atoms with Crippen molar-refractivity contribution < 1.29 is 14.4 Å². The van der Waals surface area contributed by atoms with Crippen LogP contribution in [0, 0.1) is 5.92 Å². The molecule has 2 N–H and O–H groups in total. The summed E-state index contributed by atoms with van der Waals surface area (Å²) in [4.78, 5) is 47.7. The minimum atomic E-state index is -0.961. The highest BCUT2D eigenvalue weighted by Crippen LogP contribution is 2.40. The summed E-state index contributed by atoms with van der Waals surface area (Å²) < 4.78 is 0. The fraction of sp³-hybridized carbons (Fsp3) is 0.516. The number of hydrogen-bond donors (Lipinski definition) is 2. The van der Waals surface area contributed by atoms with Crippen molar-refractivity contribution in [1.29, 1.82) is 0 Å². The van der Waals surface area contributed by atoms with Gasteiger partial charge < -0.3 is 20.4 Å². The maximum absolute atomic E-state index is 13.6. The first kappa shape index (κ1) is 28.1. The monoisotopic (exact) mass is 546 g/mol. The lowest BCUT2D eigenvalue weighted by molar-refractivity contribution is -0.140. The van der Waals surface area contributed by atoms with Gasteiger partial charge in [0.1, 0.15) is 5.54 Å². The Balaban J connectivity index is 1.06. The first-order chi connectivity index (χ1) is 19.4. The molecule has 214 valence electrons. The van der Waals surface area contributed by atoms with Crippen molar-refractivity contribution in [3.05, 3.63) is 71.8 Å². The average molecular weight is 547 g/mol. The lowest BCUT2D eigenvalue weighted by Gasteiger charge is -2.40. The zero-order valence-corrected chi connectivity index (χ0v) is 23.6. The zero-order chi connectivity index (χ0) is 28.0.